The number of aromatic nitrogens is 1. The Kier molecular flexibility index (Phi) is 3.14. The number of nitrogens with zero attached hydrogens (tertiary/aromatic N) is 1. The summed E-state index contributed by atoms with van der Waals surface area (Å²) < 4.78 is 0. The summed E-state index contributed by atoms with van der Waals surface area (Å²) in [5.41, 5.74) is 1.32. The molecule has 0 aliphatic heterocycles. The number of benzene rings is 1. The molecule has 1 aromatic carbocycles. The van der Waals surface area contributed by atoms with Crippen molar-refractivity contribution in [2.75, 3.05) is 0 Å². The van der Waals surface area contributed by atoms with Crippen LogP contribution < -0.4 is 0 Å². The Morgan fingerprint density at radius 2 is 1.93 bits per heavy atom. The van der Waals surface area contributed by atoms with Crippen molar-refractivity contribution >= 4 is 10.9 Å². The van der Waals surface area contributed by atoms with Gasteiger partial charge >= 0.3 is 0 Å². The lowest BCUT2D eigenvalue weighted by atomic mass is 9.38. The smallest absolute Gasteiger partial charge is 0.295 e. The number of nitrogens with one attached hydrogen (secondary N) is 1. The van der Waals surface area contributed by atoms with Gasteiger partial charge in [-0.15, -0.1) is 6.58 Å². The van der Waals surface area contributed by atoms with Crippen LogP contribution in [-0.2, 0) is 16.4 Å². The van der Waals surface area contributed by atoms with E-state index in [1.165, 1.54) is 5.56 Å². The molecule has 0 amide bonds. The molecule has 0 saturated heterocycles. The number of H-pyrrole nitrogens is 1. The Morgan fingerprint density at radius 3 is 2.55 bits per heavy atom. The summed E-state index contributed by atoms with van der Waals surface area (Å²) in [6, 6.07) is 6.39. The van der Waals surface area contributed by atoms with Crippen LogP contribution in [-0.4, -0.2) is 15.6 Å². The van der Waals surface area contributed by atoms with Crippen molar-refractivity contribution in [3.63, 3.8) is 0 Å². The van der Waals surface area contributed by atoms with Gasteiger partial charge in [0.25, 0.3) is 5.54 Å². The van der Waals surface area contributed by atoms with E-state index in [0.29, 0.717) is 0 Å². The topological polar surface area (TPSA) is 40.4 Å². The highest BCUT2D eigenvalue weighted by Gasteiger charge is 2.80. The molecule has 29 heavy (non-hydrogen) atoms. The Labute approximate surface area is 173 Å². The molecule has 1 heterocycles. The van der Waals surface area contributed by atoms with Gasteiger partial charge in [0, 0.05) is 39.1 Å². The minimum absolute atomic E-state index is 0.0716. The zero-order chi connectivity index (χ0) is 21.2. The van der Waals surface area contributed by atoms with Gasteiger partial charge in [-0.1, -0.05) is 52.5 Å². The van der Waals surface area contributed by atoms with Crippen LogP contribution in [0.1, 0.15) is 64.3 Å². The molecule has 2 aromatic rings. The van der Waals surface area contributed by atoms with Crippen molar-refractivity contribution in [2.45, 2.75) is 69.4 Å². The maximum atomic E-state index is 12.9. The molecule has 1 fully saturated rings. The third kappa shape index (κ3) is 1.57. The molecule has 4 atom stereocenters. The first kappa shape index (κ1) is 18.7. The summed E-state index contributed by atoms with van der Waals surface area (Å²) in [5.74, 6) is -0.0716. The standard InChI is InChI=1S/C26H30N2O/c1-9-24(7)14-13-18-23(5,6)16-11-10-12-17-19(16)20-21(28-17)22(3,4)15(2)26(24,27-8)25(18,20)29/h9-12,18,28-29H,1-2,13-14H2,3-7H3/t18-,24+,25-,26+/m1/s1. The Hall–Kier alpha value is -2.31. The lowest BCUT2D eigenvalue weighted by Crippen LogP contribution is -2.72. The van der Waals surface area contributed by atoms with Crippen LogP contribution in [0, 0.1) is 17.9 Å². The molecule has 3 aliphatic carbocycles. The molecule has 3 nitrogen and oxygen atoms in total. The molecule has 150 valence electrons. The largest absolute Gasteiger partial charge is 0.376 e. The molecule has 0 radical (unpaired) electrons. The molecular weight excluding hydrogens is 356 g/mol. The van der Waals surface area contributed by atoms with Gasteiger partial charge in [0.2, 0.25) is 0 Å². The van der Waals surface area contributed by atoms with Crippen molar-refractivity contribution < 1.29 is 5.11 Å². The van der Waals surface area contributed by atoms with Crippen LogP contribution in [0.4, 0.5) is 0 Å². The second-order valence-electron chi connectivity index (χ2n) is 10.7. The van der Waals surface area contributed by atoms with Gasteiger partial charge in [0.05, 0.1) is 5.41 Å². The van der Waals surface area contributed by atoms with Gasteiger partial charge in [-0.25, -0.2) is 6.57 Å². The second kappa shape index (κ2) is 4.87. The van der Waals surface area contributed by atoms with E-state index in [4.69, 9.17) is 6.57 Å². The van der Waals surface area contributed by atoms with Crippen molar-refractivity contribution in [3.05, 3.63) is 71.2 Å². The molecule has 3 heteroatoms. The van der Waals surface area contributed by atoms with E-state index in [1.54, 1.807) is 0 Å². The van der Waals surface area contributed by atoms with Crippen LogP contribution in [0.5, 0.6) is 0 Å². The number of hydrogen-bond donors (Lipinski definition) is 2. The molecule has 0 bridgehead atoms. The highest BCUT2D eigenvalue weighted by Crippen LogP contribution is 2.73. The van der Waals surface area contributed by atoms with Crippen LogP contribution >= 0.6 is 0 Å². The second-order valence-corrected chi connectivity index (χ2v) is 10.7. The predicted octanol–water partition coefficient (Wildman–Crippen LogP) is 5.75. The van der Waals surface area contributed by atoms with Crippen LogP contribution in [0.3, 0.4) is 0 Å². The summed E-state index contributed by atoms with van der Waals surface area (Å²) >= 11 is 0. The summed E-state index contributed by atoms with van der Waals surface area (Å²) in [4.78, 5) is 7.96. The average molecular weight is 387 g/mol. The van der Waals surface area contributed by atoms with E-state index in [2.05, 4.69) is 75.8 Å². The fourth-order valence-corrected chi connectivity index (χ4v) is 7.29. The molecule has 0 unspecified atom stereocenters. The first-order valence-corrected chi connectivity index (χ1v) is 10.6. The van der Waals surface area contributed by atoms with E-state index in [0.717, 1.165) is 40.6 Å². The third-order valence-electron chi connectivity index (χ3n) is 9.04. The van der Waals surface area contributed by atoms with E-state index < -0.39 is 22.0 Å². The summed E-state index contributed by atoms with van der Waals surface area (Å²) in [6.07, 6.45) is 3.57. The fourth-order valence-electron chi connectivity index (χ4n) is 7.29. The average Bonchev–Trinajstić information content (AvgIpc) is 3.07. The quantitative estimate of drug-likeness (QED) is 0.475. The van der Waals surface area contributed by atoms with Crippen molar-refractivity contribution in [3.8, 4) is 0 Å². The first-order valence-electron chi connectivity index (χ1n) is 10.6. The van der Waals surface area contributed by atoms with Crippen LogP contribution in [0.15, 0.2) is 43.0 Å². The maximum absolute atomic E-state index is 12.9. The minimum Gasteiger partial charge on any atom is -0.376 e. The van der Waals surface area contributed by atoms with Gasteiger partial charge in [0.1, 0.15) is 0 Å². The fraction of sp³-hybridized carbons (Fsp3) is 0.500. The monoisotopic (exact) mass is 386 g/mol. The van der Waals surface area contributed by atoms with Crippen LogP contribution in [0.2, 0.25) is 0 Å². The van der Waals surface area contributed by atoms with E-state index in [1.807, 2.05) is 6.08 Å². The molecule has 0 spiro atoms. The molecule has 2 N–H and O–H groups in total. The number of aromatic amines is 1. The Bertz CT molecular complexity index is 1160. The van der Waals surface area contributed by atoms with Gasteiger partial charge < -0.3 is 14.9 Å². The molecular formula is C26H30N2O. The Balaban J connectivity index is 2.09. The SMILES string of the molecule is [C-]#[N+][C@]12C(=C)C(C)(C)c3[nH]c4cccc5c4c3[C@]1(O)[C@H](CC[C@]2(C)C=C)C5(C)C. The predicted molar refractivity (Wildman–Crippen MR) is 118 cm³/mol. The summed E-state index contributed by atoms with van der Waals surface area (Å²) in [7, 11) is 0. The summed E-state index contributed by atoms with van der Waals surface area (Å²) in [5, 5.41) is 14.0. The first-order chi connectivity index (χ1) is 13.4. The van der Waals surface area contributed by atoms with Gasteiger partial charge in [0.15, 0.2) is 5.60 Å². The maximum Gasteiger partial charge on any atom is 0.295 e. The van der Waals surface area contributed by atoms with Crippen LogP contribution in [0.25, 0.3) is 15.7 Å². The highest BCUT2D eigenvalue weighted by atomic mass is 16.3. The lowest BCUT2D eigenvalue weighted by molar-refractivity contribution is -0.156. The van der Waals surface area contributed by atoms with E-state index in [9.17, 15) is 5.11 Å². The third-order valence-corrected chi connectivity index (χ3v) is 9.04. The normalized spacial score (nSPS) is 38.5. The van der Waals surface area contributed by atoms with Crippen molar-refractivity contribution in [1.29, 1.82) is 0 Å². The van der Waals surface area contributed by atoms with Gasteiger partial charge in [-0.05, 0) is 36.8 Å². The van der Waals surface area contributed by atoms with E-state index >= 15 is 0 Å². The van der Waals surface area contributed by atoms with Crippen molar-refractivity contribution in [2.24, 2.45) is 11.3 Å². The van der Waals surface area contributed by atoms with Crippen molar-refractivity contribution in [1.82, 2.24) is 4.98 Å². The lowest BCUT2D eigenvalue weighted by Gasteiger charge is -2.64. The zero-order valence-corrected chi connectivity index (χ0v) is 18.1. The zero-order valence-electron chi connectivity index (χ0n) is 18.1. The highest BCUT2D eigenvalue weighted by molar-refractivity contribution is 5.93. The number of rotatable bonds is 1. The van der Waals surface area contributed by atoms with E-state index in [-0.39, 0.29) is 11.3 Å². The molecule has 5 rings (SSSR count). The number of aliphatic hydroxyl groups is 1. The Morgan fingerprint density at radius 1 is 1.24 bits per heavy atom. The number of hydrogen-bond acceptors (Lipinski definition) is 1. The molecule has 1 saturated carbocycles. The minimum atomic E-state index is -1.31. The molecule has 1 aromatic heterocycles. The van der Waals surface area contributed by atoms with Gasteiger partial charge in [-0.3, -0.25) is 0 Å². The molecule has 3 aliphatic rings. The van der Waals surface area contributed by atoms with Gasteiger partial charge in [-0.2, -0.15) is 0 Å². The summed E-state index contributed by atoms with van der Waals surface area (Å²) in [6.45, 7) is 28.0.